The largest absolute Gasteiger partial charge is 0.338 e. The smallest absolute Gasteiger partial charge is 0.321 e. The van der Waals surface area contributed by atoms with Crippen molar-refractivity contribution >= 4 is 22.5 Å². The Balaban J connectivity index is 2.49. The predicted octanol–water partition coefficient (Wildman–Crippen LogP) is 0.743. The summed E-state index contributed by atoms with van der Waals surface area (Å²) >= 11 is 1.37. The zero-order valence-corrected chi connectivity index (χ0v) is 8.15. The summed E-state index contributed by atoms with van der Waals surface area (Å²) in [4.78, 5) is 15.1. The number of hydrogen-bond donors (Lipinski definition) is 3. The number of thiazole rings is 1. The fourth-order valence-corrected chi connectivity index (χ4v) is 1.48. The Morgan fingerprint density at radius 2 is 2.54 bits per heavy atom. The predicted molar refractivity (Wildman–Crippen MR) is 52.7 cm³/mol. The minimum absolute atomic E-state index is 0.236. The highest BCUT2D eigenvalue weighted by Crippen LogP contribution is 2.14. The first-order valence-corrected chi connectivity index (χ1v) is 4.83. The Bertz CT molecular complexity index is 286. The summed E-state index contributed by atoms with van der Waals surface area (Å²) in [7, 11) is 0. The highest BCUT2D eigenvalue weighted by Gasteiger charge is 2.03. The van der Waals surface area contributed by atoms with Crippen LogP contribution < -0.4 is 16.4 Å². The average Bonchev–Trinajstić information content (AvgIpc) is 2.52. The third-order valence-corrected chi connectivity index (χ3v) is 2.13. The zero-order valence-electron chi connectivity index (χ0n) is 7.33. The molecule has 0 spiro atoms. The molecule has 0 aromatic carbocycles. The molecule has 0 saturated carbocycles. The van der Waals surface area contributed by atoms with E-state index in [-0.39, 0.29) is 6.03 Å². The average molecular weight is 200 g/mol. The van der Waals surface area contributed by atoms with E-state index in [1.54, 1.807) is 0 Å². The molecular weight excluding hydrogens is 188 g/mol. The lowest BCUT2D eigenvalue weighted by Crippen LogP contribution is -2.28. The molecule has 4 N–H and O–H groups in total. The molecule has 1 aromatic heterocycles. The molecule has 6 heteroatoms. The highest BCUT2D eigenvalue weighted by atomic mass is 32.1. The SMILES string of the molecule is CCNC(=O)Nc1nc(CN)cs1. The molecule has 2 amide bonds. The summed E-state index contributed by atoms with van der Waals surface area (Å²) in [6, 6.07) is -0.236. The summed E-state index contributed by atoms with van der Waals surface area (Å²) in [5.74, 6) is 0. The van der Waals surface area contributed by atoms with E-state index in [0.717, 1.165) is 5.69 Å². The fraction of sp³-hybridized carbons (Fsp3) is 0.429. The van der Waals surface area contributed by atoms with Crippen LogP contribution in [0.1, 0.15) is 12.6 Å². The van der Waals surface area contributed by atoms with Crippen molar-refractivity contribution in [1.82, 2.24) is 10.3 Å². The van der Waals surface area contributed by atoms with Crippen molar-refractivity contribution in [3.05, 3.63) is 11.1 Å². The van der Waals surface area contributed by atoms with Crippen LogP contribution in [0.25, 0.3) is 0 Å². The van der Waals surface area contributed by atoms with Gasteiger partial charge in [-0.1, -0.05) is 0 Å². The minimum atomic E-state index is -0.236. The van der Waals surface area contributed by atoms with E-state index >= 15 is 0 Å². The number of nitrogens with two attached hydrogens (primary N) is 1. The van der Waals surface area contributed by atoms with E-state index in [2.05, 4.69) is 15.6 Å². The molecule has 0 saturated heterocycles. The number of rotatable bonds is 3. The number of nitrogens with zero attached hydrogens (tertiary/aromatic N) is 1. The third-order valence-electron chi connectivity index (χ3n) is 1.32. The van der Waals surface area contributed by atoms with Gasteiger partial charge in [0.25, 0.3) is 0 Å². The van der Waals surface area contributed by atoms with E-state index in [1.165, 1.54) is 11.3 Å². The van der Waals surface area contributed by atoms with Gasteiger partial charge in [0.15, 0.2) is 5.13 Å². The maximum absolute atomic E-state index is 11.0. The standard InChI is InChI=1S/C7H12N4OS/c1-2-9-6(12)11-7-10-5(3-8)4-13-7/h4H,2-3,8H2,1H3,(H2,9,10,11,12). The van der Waals surface area contributed by atoms with Crippen LogP contribution in [0.5, 0.6) is 0 Å². The summed E-state index contributed by atoms with van der Waals surface area (Å²) in [6.07, 6.45) is 0. The van der Waals surface area contributed by atoms with E-state index in [1.807, 2.05) is 12.3 Å². The molecule has 1 heterocycles. The van der Waals surface area contributed by atoms with Gasteiger partial charge < -0.3 is 11.1 Å². The van der Waals surface area contributed by atoms with Gasteiger partial charge in [-0.25, -0.2) is 9.78 Å². The van der Waals surface area contributed by atoms with Crippen LogP contribution in [0.2, 0.25) is 0 Å². The quantitative estimate of drug-likeness (QED) is 0.673. The molecule has 0 atom stereocenters. The summed E-state index contributed by atoms with van der Waals surface area (Å²) in [5.41, 5.74) is 6.16. The van der Waals surface area contributed by atoms with E-state index in [9.17, 15) is 4.79 Å². The number of carbonyl (C=O) groups excluding carboxylic acids is 1. The highest BCUT2D eigenvalue weighted by molar-refractivity contribution is 7.13. The second-order valence-electron chi connectivity index (χ2n) is 2.33. The van der Waals surface area contributed by atoms with Crippen LogP contribution in [0, 0.1) is 0 Å². The molecule has 13 heavy (non-hydrogen) atoms. The Labute approximate surface area is 80.4 Å². The molecule has 0 aliphatic heterocycles. The zero-order chi connectivity index (χ0) is 9.68. The van der Waals surface area contributed by atoms with Gasteiger partial charge in [-0.15, -0.1) is 11.3 Å². The molecule has 1 rings (SSSR count). The van der Waals surface area contributed by atoms with Crippen molar-refractivity contribution in [2.45, 2.75) is 13.5 Å². The molecule has 0 fully saturated rings. The molecule has 1 aromatic rings. The molecule has 0 unspecified atom stereocenters. The van der Waals surface area contributed by atoms with Crippen molar-refractivity contribution in [3.63, 3.8) is 0 Å². The first kappa shape index (κ1) is 9.94. The Hall–Kier alpha value is -1.14. The van der Waals surface area contributed by atoms with Gasteiger partial charge in [0.2, 0.25) is 0 Å². The molecule has 0 radical (unpaired) electrons. The lowest BCUT2D eigenvalue weighted by molar-refractivity contribution is 0.252. The number of aromatic nitrogens is 1. The van der Waals surface area contributed by atoms with E-state index < -0.39 is 0 Å². The van der Waals surface area contributed by atoms with Crippen LogP contribution in [-0.4, -0.2) is 17.6 Å². The van der Waals surface area contributed by atoms with Gasteiger partial charge in [0.05, 0.1) is 5.69 Å². The van der Waals surface area contributed by atoms with E-state index in [0.29, 0.717) is 18.2 Å². The summed E-state index contributed by atoms with van der Waals surface area (Å²) in [5, 5.41) is 7.60. The Morgan fingerprint density at radius 3 is 3.08 bits per heavy atom. The molecule has 0 aliphatic rings. The number of urea groups is 1. The van der Waals surface area contributed by atoms with Gasteiger partial charge in [-0.3, -0.25) is 5.32 Å². The maximum atomic E-state index is 11.0. The van der Waals surface area contributed by atoms with Crippen LogP contribution in [0.4, 0.5) is 9.93 Å². The number of hydrogen-bond acceptors (Lipinski definition) is 4. The molecule has 0 aliphatic carbocycles. The van der Waals surface area contributed by atoms with Crippen molar-refractivity contribution in [2.75, 3.05) is 11.9 Å². The lowest BCUT2D eigenvalue weighted by atomic mass is 10.5. The number of carbonyl (C=O) groups is 1. The summed E-state index contributed by atoms with van der Waals surface area (Å²) < 4.78 is 0. The van der Waals surface area contributed by atoms with Crippen LogP contribution in [0.3, 0.4) is 0 Å². The van der Waals surface area contributed by atoms with Gasteiger partial charge in [-0.05, 0) is 6.92 Å². The topological polar surface area (TPSA) is 80.0 Å². The van der Waals surface area contributed by atoms with E-state index in [4.69, 9.17) is 5.73 Å². The van der Waals surface area contributed by atoms with Gasteiger partial charge in [0, 0.05) is 18.5 Å². The first-order valence-electron chi connectivity index (χ1n) is 3.95. The molecular formula is C7H12N4OS. The first-order chi connectivity index (χ1) is 6.26. The minimum Gasteiger partial charge on any atom is -0.338 e. The normalized spacial score (nSPS) is 9.69. The fourth-order valence-electron chi connectivity index (χ4n) is 0.760. The molecule has 0 bridgehead atoms. The van der Waals surface area contributed by atoms with Crippen molar-refractivity contribution < 1.29 is 4.79 Å². The van der Waals surface area contributed by atoms with Gasteiger partial charge in [-0.2, -0.15) is 0 Å². The van der Waals surface area contributed by atoms with Crippen molar-refractivity contribution in [1.29, 1.82) is 0 Å². The Kier molecular flexibility index (Phi) is 3.66. The third kappa shape index (κ3) is 3.00. The van der Waals surface area contributed by atoms with Crippen molar-refractivity contribution in [3.8, 4) is 0 Å². The Morgan fingerprint density at radius 1 is 1.77 bits per heavy atom. The molecule has 72 valence electrons. The monoisotopic (exact) mass is 200 g/mol. The second kappa shape index (κ2) is 4.78. The lowest BCUT2D eigenvalue weighted by Gasteiger charge is -2.00. The molecule has 5 nitrogen and oxygen atoms in total. The summed E-state index contributed by atoms with van der Waals surface area (Å²) in [6.45, 7) is 2.85. The maximum Gasteiger partial charge on any atom is 0.321 e. The number of amides is 2. The number of nitrogens with one attached hydrogen (secondary N) is 2. The second-order valence-corrected chi connectivity index (χ2v) is 3.19. The van der Waals surface area contributed by atoms with Crippen LogP contribution in [0.15, 0.2) is 5.38 Å². The van der Waals surface area contributed by atoms with Gasteiger partial charge in [0.1, 0.15) is 0 Å². The number of anilines is 1. The van der Waals surface area contributed by atoms with Crippen molar-refractivity contribution in [2.24, 2.45) is 5.73 Å². The van der Waals surface area contributed by atoms with Crippen LogP contribution in [-0.2, 0) is 6.54 Å². The van der Waals surface area contributed by atoms with Gasteiger partial charge >= 0.3 is 6.03 Å². The van der Waals surface area contributed by atoms with Crippen LogP contribution >= 0.6 is 11.3 Å².